The van der Waals surface area contributed by atoms with Gasteiger partial charge in [-0.3, -0.25) is 5.32 Å². The van der Waals surface area contributed by atoms with Crippen LogP contribution in [0.1, 0.15) is 35.9 Å². The van der Waals surface area contributed by atoms with Crippen LogP contribution in [0.25, 0.3) is 0 Å². The number of aliphatic hydroxyl groups is 1. The van der Waals surface area contributed by atoms with Crippen LogP contribution >= 0.6 is 11.3 Å². The largest absolute Gasteiger partial charge is 0.396 e. The lowest BCUT2D eigenvalue weighted by molar-refractivity contribution is 0.0500. The van der Waals surface area contributed by atoms with E-state index in [1.54, 1.807) is 0 Å². The van der Waals surface area contributed by atoms with E-state index < -0.39 is 0 Å². The molecule has 1 saturated heterocycles. The van der Waals surface area contributed by atoms with Gasteiger partial charge in [0.25, 0.3) is 0 Å². The molecular formula is C20H27N3O2S. The summed E-state index contributed by atoms with van der Waals surface area (Å²) in [4.78, 5) is 20.2. The molecule has 0 saturated carbocycles. The Kier molecular flexibility index (Phi) is 5.94. The van der Waals surface area contributed by atoms with Gasteiger partial charge in [0, 0.05) is 23.4 Å². The van der Waals surface area contributed by atoms with Crippen LogP contribution in [-0.4, -0.2) is 40.7 Å². The second kappa shape index (κ2) is 8.18. The third-order valence-electron chi connectivity index (χ3n) is 5.15. The topological polar surface area (TPSA) is 65.5 Å². The number of aryl methyl sites for hydroxylation is 2. The standard InChI is InChI=1S/C20H27N3O2S/c1-3-17-15(2)26-18(21-17)22-19(25)23-11-7-10-20(13-23,14-24)12-16-8-5-4-6-9-16/h4-6,8-9,24H,3,7,10-14H2,1-2H3,(H,21,22,25). The molecular weight excluding hydrogens is 346 g/mol. The number of carbonyl (C=O) groups excluding carboxylic acids is 1. The number of urea groups is 1. The minimum absolute atomic E-state index is 0.0853. The van der Waals surface area contributed by atoms with Crippen LogP contribution in [0.3, 0.4) is 0 Å². The van der Waals surface area contributed by atoms with Gasteiger partial charge in [0.2, 0.25) is 0 Å². The Morgan fingerprint density at radius 3 is 2.81 bits per heavy atom. The highest BCUT2D eigenvalue weighted by Crippen LogP contribution is 2.34. The molecule has 26 heavy (non-hydrogen) atoms. The number of benzene rings is 1. The summed E-state index contributed by atoms with van der Waals surface area (Å²) in [5.41, 5.74) is 1.97. The van der Waals surface area contributed by atoms with Crippen LogP contribution in [0.4, 0.5) is 9.93 Å². The lowest BCUT2D eigenvalue weighted by Gasteiger charge is -2.41. The van der Waals surface area contributed by atoms with Crippen molar-refractivity contribution < 1.29 is 9.90 Å². The third kappa shape index (κ3) is 4.24. The monoisotopic (exact) mass is 373 g/mol. The first-order valence-corrected chi connectivity index (χ1v) is 10.0. The van der Waals surface area contributed by atoms with Crippen molar-refractivity contribution >= 4 is 22.5 Å². The number of aromatic nitrogens is 1. The molecule has 2 amide bonds. The molecule has 3 rings (SSSR count). The summed E-state index contributed by atoms with van der Waals surface area (Å²) in [6.07, 6.45) is 3.48. The molecule has 2 aromatic rings. The van der Waals surface area contributed by atoms with Crippen molar-refractivity contribution in [3.8, 4) is 0 Å². The van der Waals surface area contributed by atoms with Gasteiger partial charge in [0.1, 0.15) is 0 Å². The van der Waals surface area contributed by atoms with Crippen LogP contribution in [0.15, 0.2) is 30.3 Å². The van der Waals surface area contributed by atoms with Crippen LogP contribution in [-0.2, 0) is 12.8 Å². The van der Waals surface area contributed by atoms with Crippen LogP contribution in [0.2, 0.25) is 0 Å². The molecule has 1 fully saturated rings. The number of hydrogen-bond acceptors (Lipinski definition) is 4. The lowest BCUT2D eigenvalue weighted by Crippen LogP contribution is -2.50. The fourth-order valence-corrected chi connectivity index (χ4v) is 4.61. The minimum Gasteiger partial charge on any atom is -0.396 e. The zero-order valence-corrected chi connectivity index (χ0v) is 16.3. The predicted molar refractivity (Wildman–Crippen MR) is 106 cm³/mol. The van der Waals surface area contributed by atoms with Gasteiger partial charge in [0.05, 0.1) is 12.3 Å². The molecule has 0 spiro atoms. The number of thiazole rings is 1. The number of piperidine rings is 1. The summed E-state index contributed by atoms with van der Waals surface area (Å²) < 4.78 is 0. The zero-order chi connectivity index (χ0) is 18.6. The highest BCUT2D eigenvalue weighted by Gasteiger charge is 2.37. The summed E-state index contributed by atoms with van der Waals surface area (Å²) in [6.45, 7) is 5.46. The van der Waals surface area contributed by atoms with Gasteiger partial charge in [-0.05, 0) is 38.2 Å². The van der Waals surface area contributed by atoms with Crippen molar-refractivity contribution in [2.24, 2.45) is 5.41 Å². The molecule has 5 nitrogen and oxygen atoms in total. The molecule has 2 N–H and O–H groups in total. The van der Waals surface area contributed by atoms with E-state index in [4.69, 9.17) is 0 Å². The van der Waals surface area contributed by atoms with Crippen molar-refractivity contribution in [3.63, 3.8) is 0 Å². The normalized spacial score (nSPS) is 20.2. The molecule has 2 heterocycles. The van der Waals surface area contributed by atoms with Gasteiger partial charge < -0.3 is 10.0 Å². The SMILES string of the molecule is CCc1nc(NC(=O)N2CCCC(CO)(Cc3ccccc3)C2)sc1C. The molecule has 1 atom stereocenters. The molecule has 0 aliphatic carbocycles. The number of carbonyl (C=O) groups is 1. The zero-order valence-electron chi connectivity index (χ0n) is 15.5. The van der Waals surface area contributed by atoms with Crippen molar-refractivity contribution in [1.29, 1.82) is 0 Å². The minimum atomic E-state index is -0.273. The van der Waals surface area contributed by atoms with Gasteiger partial charge in [-0.1, -0.05) is 37.3 Å². The fraction of sp³-hybridized carbons (Fsp3) is 0.500. The molecule has 1 unspecified atom stereocenters. The van der Waals surface area contributed by atoms with E-state index in [0.717, 1.165) is 36.3 Å². The maximum atomic E-state index is 12.7. The number of hydrogen-bond donors (Lipinski definition) is 2. The Balaban J connectivity index is 1.68. The second-order valence-electron chi connectivity index (χ2n) is 7.15. The summed E-state index contributed by atoms with van der Waals surface area (Å²) in [7, 11) is 0. The summed E-state index contributed by atoms with van der Waals surface area (Å²) in [6, 6.07) is 10.1. The predicted octanol–water partition coefficient (Wildman–Crippen LogP) is 3.86. The average molecular weight is 374 g/mol. The Hall–Kier alpha value is -1.92. The number of nitrogens with zero attached hydrogens (tertiary/aromatic N) is 2. The number of nitrogens with one attached hydrogen (secondary N) is 1. The van der Waals surface area contributed by atoms with E-state index >= 15 is 0 Å². The maximum Gasteiger partial charge on any atom is 0.323 e. The molecule has 1 aliphatic rings. The molecule has 1 aromatic carbocycles. The Morgan fingerprint density at radius 2 is 2.15 bits per heavy atom. The molecule has 1 aliphatic heterocycles. The molecule has 1 aromatic heterocycles. The number of aliphatic hydroxyl groups excluding tert-OH is 1. The van der Waals surface area contributed by atoms with Crippen LogP contribution in [0, 0.1) is 12.3 Å². The first kappa shape index (κ1) is 18.9. The summed E-state index contributed by atoms with van der Waals surface area (Å²) in [5.74, 6) is 0. The van der Waals surface area contributed by atoms with Gasteiger partial charge in [0.15, 0.2) is 5.13 Å². The average Bonchev–Trinajstić information content (AvgIpc) is 3.02. The number of rotatable bonds is 5. The van der Waals surface area contributed by atoms with E-state index in [9.17, 15) is 9.90 Å². The second-order valence-corrected chi connectivity index (χ2v) is 8.35. The van der Waals surface area contributed by atoms with Gasteiger partial charge in [-0.15, -0.1) is 11.3 Å². The number of likely N-dealkylation sites (tertiary alicyclic amines) is 1. The summed E-state index contributed by atoms with van der Waals surface area (Å²) >= 11 is 1.52. The van der Waals surface area contributed by atoms with E-state index in [2.05, 4.69) is 29.4 Å². The first-order chi connectivity index (χ1) is 12.5. The quantitative estimate of drug-likeness (QED) is 0.836. The van der Waals surface area contributed by atoms with E-state index in [1.165, 1.54) is 16.9 Å². The van der Waals surface area contributed by atoms with E-state index in [-0.39, 0.29) is 18.1 Å². The number of anilines is 1. The lowest BCUT2D eigenvalue weighted by atomic mass is 9.76. The van der Waals surface area contributed by atoms with Crippen molar-refractivity contribution in [2.45, 2.75) is 39.5 Å². The Morgan fingerprint density at radius 1 is 1.38 bits per heavy atom. The third-order valence-corrected chi connectivity index (χ3v) is 6.08. The molecule has 6 heteroatoms. The van der Waals surface area contributed by atoms with Gasteiger partial charge in [-0.25, -0.2) is 9.78 Å². The molecule has 0 bridgehead atoms. The van der Waals surface area contributed by atoms with Gasteiger partial charge in [-0.2, -0.15) is 0 Å². The smallest absolute Gasteiger partial charge is 0.323 e. The Bertz CT molecular complexity index is 747. The van der Waals surface area contributed by atoms with Crippen molar-refractivity contribution in [1.82, 2.24) is 9.88 Å². The number of amides is 2. The van der Waals surface area contributed by atoms with Gasteiger partial charge >= 0.3 is 6.03 Å². The summed E-state index contributed by atoms with van der Waals surface area (Å²) in [5, 5.41) is 13.7. The van der Waals surface area contributed by atoms with Crippen molar-refractivity contribution in [2.75, 3.05) is 25.0 Å². The van der Waals surface area contributed by atoms with Crippen molar-refractivity contribution in [3.05, 3.63) is 46.5 Å². The van der Waals surface area contributed by atoms with E-state index in [1.807, 2.05) is 30.0 Å². The maximum absolute atomic E-state index is 12.7. The molecule has 0 radical (unpaired) electrons. The van der Waals surface area contributed by atoms with Crippen LogP contribution in [0.5, 0.6) is 0 Å². The highest BCUT2D eigenvalue weighted by molar-refractivity contribution is 7.15. The van der Waals surface area contributed by atoms with E-state index in [0.29, 0.717) is 18.2 Å². The highest BCUT2D eigenvalue weighted by atomic mass is 32.1. The van der Waals surface area contributed by atoms with Crippen LogP contribution < -0.4 is 5.32 Å². The Labute approximate surface area is 159 Å². The fourth-order valence-electron chi connectivity index (χ4n) is 3.72. The first-order valence-electron chi connectivity index (χ1n) is 9.22. The molecule has 140 valence electrons.